The number of rotatable bonds is 6. The van der Waals surface area contributed by atoms with Gasteiger partial charge in [0.15, 0.2) is 5.84 Å². The Morgan fingerprint density at radius 1 is 1.57 bits per heavy atom. The second kappa shape index (κ2) is 6.03. The fraction of sp³-hybridized carbons (Fsp3) is 0.467. The minimum atomic E-state index is -0.859. The third-order valence-electron chi connectivity index (χ3n) is 3.79. The lowest BCUT2D eigenvalue weighted by molar-refractivity contribution is -0.119. The molecule has 1 aromatic carbocycles. The van der Waals surface area contributed by atoms with Gasteiger partial charge in [-0.15, -0.1) is 0 Å². The van der Waals surface area contributed by atoms with Crippen LogP contribution in [0.1, 0.15) is 33.1 Å². The molecule has 1 unspecified atom stereocenters. The van der Waals surface area contributed by atoms with Gasteiger partial charge >= 0.3 is 0 Å². The van der Waals surface area contributed by atoms with Gasteiger partial charge in [0.2, 0.25) is 5.91 Å². The molecule has 0 radical (unpaired) electrons. The number of hydrogen-bond acceptors (Lipinski definition) is 4. The SMILES string of the molecule is CCC(C)Oc1cccc(NC(=O)C2(/C(N)=N/O)CC2)c1. The fourth-order valence-electron chi connectivity index (χ4n) is 2.03. The Balaban J connectivity index is 2.07. The zero-order chi connectivity index (χ0) is 15.5. The number of amidine groups is 1. The third-order valence-corrected chi connectivity index (χ3v) is 3.79. The van der Waals surface area contributed by atoms with Crippen LogP contribution in [-0.2, 0) is 4.79 Å². The predicted molar refractivity (Wildman–Crippen MR) is 80.5 cm³/mol. The number of nitrogens with zero attached hydrogens (tertiary/aromatic N) is 1. The van der Waals surface area contributed by atoms with E-state index in [1.54, 1.807) is 12.1 Å². The Bertz CT molecular complexity index is 553. The van der Waals surface area contributed by atoms with Gasteiger partial charge in [-0.3, -0.25) is 4.79 Å². The smallest absolute Gasteiger partial charge is 0.238 e. The molecule has 0 aromatic heterocycles. The van der Waals surface area contributed by atoms with E-state index in [4.69, 9.17) is 15.7 Å². The summed E-state index contributed by atoms with van der Waals surface area (Å²) in [7, 11) is 0. The molecule has 21 heavy (non-hydrogen) atoms. The zero-order valence-corrected chi connectivity index (χ0v) is 12.3. The lowest BCUT2D eigenvalue weighted by Gasteiger charge is -2.16. The minimum Gasteiger partial charge on any atom is -0.491 e. The van der Waals surface area contributed by atoms with E-state index in [2.05, 4.69) is 10.5 Å². The summed E-state index contributed by atoms with van der Waals surface area (Å²) in [5.74, 6) is 0.418. The van der Waals surface area contributed by atoms with Crippen molar-refractivity contribution in [3.05, 3.63) is 24.3 Å². The van der Waals surface area contributed by atoms with Gasteiger partial charge in [0.25, 0.3) is 0 Å². The summed E-state index contributed by atoms with van der Waals surface area (Å²) in [4.78, 5) is 12.3. The maximum atomic E-state index is 12.3. The second-order valence-electron chi connectivity index (χ2n) is 5.39. The first-order valence-corrected chi connectivity index (χ1v) is 7.08. The molecule has 2 rings (SSSR count). The molecule has 1 aliphatic carbocycles. The molecule has 0 saturated heterocycles. The number of ether oxygens (including phenoxy) is 1. The van der Waals surface area contributed by atoms with Crippen LogP contribution < -0.4 is 15.8 Å². The highest BCUT2D eigenvalue weighted by Gasteiger charge is 2.54. The number of nitrogens with one attached hydrogen (secondary N) is 1. The van der Waals surface area contributed by atoms with E-state index in [0.717, 1.165) is 6.42 Å². The first kappa shape index (κ1) is 15.2. The van der Waals surface area contributed by atoms with E-state index in [1.807, 2.05) is 26.0 Å². The van der Waals surface area contributed by atoms with Gasteiger partial charge in [-0.2, -0.15) is 0 Å². The molecule has 0 spiro atoms. The summed E-state index contributed by atoms with van der Waals surface area (Å²) >= 11 is 0. The van der Waals surface area contributed by atoms with Crippen LogP contribution in [-0.4, -0.2) is 23.1 Å². The number of benzene rings is 1. The second-order valence-corrected chi connectivity index (χ2v) is 5.39. The van der Waals surface area contributed by atoms with Gasteiger partial charge in [0.1, 0.15) is 11.2 Å². The van der Waals surface area contributed by atoms with E-state index >= 15 is 0 Å². The van der Waals surface area contributed by atoms with Crippen molar-refractivity contribution in [1.29, 1.82) is 0 Å². The van der Waals surface area contributed by atoms with E-state index in [9.17, 15) is 4.79 Å². The largest absolute Gasteiger partial charge is 0.491 e. The molecular formula is C15H21N3O3. The van der Waals surface area contributed by atoms with Crippen molar-refractivity contribution in [2.75, 3.05) is 5.32 Å². The predicted octanol–water partition coefficient (Wildman–Crippen LogP) is 2.33. The van der Waals surface area contributed by atoms with Crippen LogP contribution in [0.3, 0.4) is 0 Å². The normalized spacial score (nSPS) is 17.9. The van der Waals surface area contributed by atoms with Gasteiger partial charge in [-0.05, 0) is 38.3 Å². The first-order chi connectivity index (χ1) is 10.0. The molecule has 1 fully saturated rings. The summed E-state index contributed by atoms with van der Waals surface area (Å²) in [5.41, 5.74) is 5.37. The van der Waals surface area contributed by atoms with Gasteiger partial charge in [0, 0.05) is 11.8 Å². The Morgan fingerprint density at radius 2 is 2.29 bits per heavy atom. The average molecular weight is 291 g/mol. The Morgan fingerprint density at radius 3 is 2.86 bits per heavy atom. The Kier molecular flexibility index (Phi) is 4.35. The number of amides is 1. The lowest BCUT2D eigenvalue weighted by atomic mass is 10.1. The van der Waals surface area contributed by atoms with E-state index in [0.29, 0.717) is 24.3 Å². The van der Waals surface area contributed by atoms with Crippen molar-refractivity contribution in [1.82, 2.24) is 0 Å². The van der Waals surface area contributed by atoms with Crippen LogP contribution in [0.2, 0.25) is 0 Å². The van der Waals surface area contributed by atoms with Crippen molar-refractivity contribution < 1.29 is 14.7 Å². The first-order valence-electron chi connectivity index (χ1n) is 7.08. The fourth-order valence-corrected chi connectivity index (χ4v) is 2.03. The van der Waals surface area contributed by atoms with Crippen LogP contribution in [0.5, 0.6) is 5.75 Å². The molecule has 4 N–H and O–H groups in total. The quantitative estimate of drug-likeness (QED) is 0.324. The van der Waals surface area contributed by atoms with Crippen molar-refractivity contribution in [2.24, 2.45) is 16.3 Å². The summed E-state index contributed by atoms with van der Waals surface area (Å²) in [6.07, 6.45) is 2.21. The highest BCUT2D eigenvalue weighted by atomic mass is 16.5. The molecule has 1 saturated carbocycles. The highest BCUT2D eigenvalue weighted by Crippen LogP contribution is 2.46. The topological polar surface area (TPSA) is 96.9 Å². The minimum absolute atomic E-state index is 0.0352. The van der Waals surface area contributed by atoms with Crippen molar-refractivity contribution in [3.8, 4) is 5.75 Å². The Labute approximate surface area is 124 Å². The van der Waals surface area contributed by atoms with Crippen LogP contribution in [0, 0.1) is 5.41 Å². The molecule has 6 nitrogen and oxygen atoms in total. The van der Waals surface area contributed by atoms with Crippen LogP contribution >= 0.6 is 0 Å². The molecule has 0 bridgehead atoms. The number of carbonyl (C=O) groups excluding carboxylic acids is 1. The molecule has 0 aliphatic heterocycles. The molecule has 6 heteroatoms. The van der Waals surface area contributed by atoms with Gasteiger partial charge in [-0.1, -0.05) is 18.1 Å². The van der Waals surface area contributed by atoms with Gasteiger partial charge in [0.05, 0.1) is 6.10 Å². The zero-order valence-electron chi connectivity index (χ0n) is 12.3. The van der Waals surface area contributed by atoms with Crippen molar-refractivity contribution in [2.45, 2.75) is 39.2 Å². The number of nitrogens with two attached hydrogens (primary N) is 1. The lowest BCUT2D eigenvalue weighted by Crippen LogP contribution is -2.36. The molecule has 1 amide bonds. The molecular weight excluding hydrogens is 270 g/mol. The van der Waals surface area contributed by atoms with E-state index < -0.39 is 5.41 Å². The third kappa shape index (κ3) is 3.26. The van der Waals surface area contributed by atoms with E-state index in [1.165, 1.54) is 0 Å². The molecule has 1 atom stereocenters. The van der Waals surface area contributed by atoms with Gasteiger partial charge < -0.3 is 21.0 Å². The van der Waals surface area contributed by atoms with Crippen molar-refractivity contribution in [3.63, 3.8) is 0 Å². The number of anilines is 1. The summed E-state index contributed by atoms with van der Waals surface area (Å²) < 4.78 is 5.72. The average Bonchev–Trinajstić information content (AvgIpc) is 3.28. The van der Waals surface area contributed by atoms with Gasteiger partial charge in [-0.25, -0.2) is 0 Å². The molecule has 0 heterocycles. The molecule has 1 aliphatic rings. The van der Waals surface area contributed by atoms with Crippen LogP contribution in [0.15, 0.2) is 29.4 Å². The number of oxime groups is 1. The Hall–Kier alpha value is -2.24. The molecule has 1 aromatic rings. The number of carbonyl (C=O) groups is 1. The van der Waals surface area contributed by atoms with Crippen LogP contribution in [0.4, 0.5) is 5.69 Å². The molecule has 114 valence electrons. The summed E-state index contributed by atoms with van der Waals surface area (Å²) in [6.45, 7) is 4.03. The maximum Gasteiger partial charge on any atom is 0.238 e. The maximum absolute atomic E-state index is 12.3. The number of hydrogen-bond donors (Lipinski definition) is 3. The monoisotopic (exact) mass is 291 g/mol. The summed E-state index contributed by atoms with van der Waals surface area (Å²) in [5, 5.41) is 14.5. The van der Waals surface area contributed by atoms with Crippen LogP contribution in [0.25, 0.3) is 0 Å². The summed E-state index contributed by atoms with van der Waals surface area (Å²) in [6, 6.07) is 7.21. The highest BCUT2D eigenvalue weighted by molar-refractivity contribution is 6.14. The van der Waals surface area contributed by atoms with Crippen molar-refractivity contribution >= 4 is 17.4 Å². The standard InChI is InChI=1S/C15H21N3O3/c1-3-10(2)21-12-6-4-5-11(9-12)17-14(19)15(7-8-15)13(16)18-20/h4-6,9-10,20H,3,7-8H2,1-2H3,(H2,16,18)(H,17,19). The van der Waals surface area contributed by atoms with E-state index in [-0.39, 0.29) is 17.8 Å².